The van der Waals surface area contributed by atoms with Crippen molar-refractivity contribution in [1.82, 2.24) is 9.62 Å². The SMILES string of the molecule is CCOc1ccc(C(C)NC(=O)c2sccc2S(=O)(=O)N2CCCCC2)cc1. The van der Waals surface area contributed by atoms with Crippen LogP contribution in [0.15, 0.2) is 40.6 Å². The van der Waals surface area contributed by atoms with Gasteiger partial charge in [-0.05, 0) is 55.8 Å². The molecule has 1 aliphatic rings. The van der Waals surface area contributed by atoms with Gasteiger partial charge in [0.05, 0.1) is 12.6 Å². The van der Waals surface area contributed by atoms with Gasteiger partial charge in [-0.15, -0.1) is 11.3 Å². The second kappa shape index (κ2) is 9.07. The highest BCUT2D eigenvalue weighted by Crippen LogP contribution is 2.28. The summed E-state index contributed by atoms with van der Waals surface area (Å²) in [6.45, 7) is 5.43. The van der Waals surface area contributed by atoms with Crippen LogP contribution >= 0.6 is 11.3 Å². The molecule has 1 aliphatic heterocycles. The van der Waals surface area contributed by atoms with Crippen molar-refractivity contribution < 1.29 is 17.9 Å². The fourth-order valence-corrected chi connectivity index (χ4v) is 6.10. The number of piperidine rings is 1. The number of rotatable bonds is 7. The largest absolute Gasteiger partial charge is 0.494 e. The summed E-state index contributed by atoms with van der Waals surface area (Å²) in [4.78, 5) is 13.1. The average Bonchev–Trinajstić information content (AvgIpc) is 3.20. The molecule has 1 N–H and O–H groups in total. The fourth-order valence-electron chi connectivity index (χ4n) is 3.28. The fraction of sp³-hybridized carbons (Fsp3) is 0.450. The highest BCUT2D eigenvalue weighted by Gasteiger charge is 2.31. The zero-order valence-electron chi connectivity index (χ0n) is 16.2. The summed E-state index contributed by atoms with van der Waals surface area (Å²) in [5.74, 6) is 0.407. The minimum atomic E-state index is -3.64. The molecule has 1 aromatic heterocycles. The lowest BCUT2D eigenvalue weighted by Gasteiger charge is -2.26. The van der Waals surface area contributed by atoms with E-state index in [0.29, 0.717) is 19.7 Å². The van der Waals surface area contributed by atoms with E-state index >= 15 is 0 Å². The van der Waals surface area contributed by atoms with Crippen molar-refractivity contribution in [3.05, 3.63) is 46.2 Å². The third-order valence-electron chi connectivity index (χ3n) is 4.81. The van der Waals surface area contributed by atoms with Crippen LogP contribution in [0.3, 0.4) is 0 Å². The quantitative estimate of drug-likeness (QED) is 0.736. The number of amides is 1. The number of carbonyl (C=O) groups excluding carboxylic acids is 1. The van der Waals surface area contributed by atoms with Crippen molar-refractivity contribution in [3.63, 3.8) is 0 Å². The molecule has 1 saturated heterocycles. The lowest BCUT2D eigenvalue weighted by Crippen LogP contribution is -2.36. The van der Waals surface area contributed by atoms with Gasteiger partial charge in [0.15, 0.2) is 0 Å². The van der Waals surface area contributed by atoms with Crippen LogP contribution in [0.5, 0.6) is 5.75 Å². The molecular weight excluding hydrogens is 396 g/mol. The molecule has 28 heavy (non-hydrogen) atoms. The molecule has 0 saturated carbocycles. The van der Waals surface area contributed by atoms with Crippen LogP contribution < -0.4 is 10.1 Å². The lowest BCUT2D eigenvalue weighted by atomic mass is 10.1. The number of nitrogens with zero attached hydrogens (tertiary/aromatic N) is 1. The number of nitrogens with one attached hydrogen (secondary N) is 1. The van der Waals surface area contributed by atoms with Crippen LogP contribution in [-0.4, -0.2) is 38.3 Å². The first-order chi connectivity index (χ1) is 13.4. The Bertz CT molecular complexity index is 901. The van der Waals surface area contributed by atoms with Gasteiger partial charge in [0.2, 0.25) is 10.0 Å². The number of sulfonamides is 1. The topological polar surface area (TPSA) is 75.7 Å². The van der Waals surface area contributed by atoms with Crippen LogP contribution in [0.2, 0.25) is 0 Å². The maximum atomic E-state index is 13.0. The summed E-state index contributed by atoms with van der Waals surface area (Å²) in [6.07, 6.45) is 2.77. The third-order valence-corrected chi connectivity index (χ3v) is 7.79. The molecule has 0 spiro atoms. The second-order valence-electron chi connectivity index (χ2n) is 6.78. The molecule has 8 heteroatoms. The number of thiophene rings is 1. The first-order valence-electron chi connectivity index (χ1n) is 9.54. The van der Waals surface area contributed by atoms with Gasteiger partial charge < -0.3 is 10.1 Å². The van der Waals surface area contributed by atoms with Crippen LogP contribution in [0, 0.1) is 0 Å². The predicted molar refractivity (Wildman–Crippen MR) is 110 cm³/mol. The van der Waals surface area contributed by atoms with Crippen molar-refractivity contribution in [2.24, 2.45) is 0 Å². The molecule has 1 atom stereocenters. The summed E-state index contributed by atoms with van der Waals surface area (Å²) in [5.41, 5.74) is 0.925. The van der Waals surface area contributed by atoms with Crippen LogP contribution in [-0.2, 0) is 10.0 Å². The number of ether oxygens (including phenoxy) is 1. The highest BCUT2D eigenvalue weighted by molar-refractivity contribution is 7.89. The van der Waals surface area contributed by atoms with E-state index in [1.807, 2.05) is 38.1 Å². The number of hydrogen-bond acceptors (Lipinski definition) is 5. The molecule has 2 heterocycles. The Morgan fingerprint density at radius 3 is 2.50 bits per heavy atom. The van der Waals surface area contributed by atoms with E-state index in [9.17, 15) is 13.2 Å². The molecule has 1 amide bonds. The molecule has 1 unspecified atom stereocenters. The zero-order valence-corrected chi connectivity index (χ0v) is 17.8. The Morgan fingerprint density at radius 2 is 1.86 bits per heavy atom. The monoisotopic (exact) mass is 422 g/mol. The van der Waals surface area contributed by atoms with Crippen LogP contribution in [0.1, 0.15) is 54.4 Å². The lowest BCUT2D eigenvalue weighted by molar-refractivity contribution is 0.0941. The molecule has 152 valence electrons. The third kappa shape index (κ3) is 4.56. The standard InChI is InChI=1S/C20H26N2O4S2/c1-3-26-17-9-7-16(8-10-17)15(2)21-20(23)19-18(11-14-27-19)28(24,25)22-12-5-4-6-13-22/h7-11,14-15H,3-6,12-13H2,1-2H3,(H,21,23). The van der Waals surface area contributed by atoms with Gasteiger partial charge in [-0.3, -0.25) is 4.79 Å². The van der Waals surface area contributed by atoms with E-state index < -0.39 is 10.0 Å². The normalized spacial score (nSPS) is 16.5. The van der Waals surface area contributed by atoms with Gasteiger partial charge >= 0.3 is 0 Å². The van der Waals surface area contributed by atoms with Gasteiger partial charge in [-0.25, -0.2) is 8.42 Å². The number of carbonyl (C=O) groups is 1. The van der Waals surface area contributed by atoms with Crippen molar-refractivity contribution in [1.29, 1.82) is 0 Å². The minimum Gasteiger partial charge on any atom is -0.494 e. The molecule has 0 radical (unpaired) electrons. The van der Waals surface area contributed by atoms with Crippen LogP contribution in [0.25, 0.3) is 0 Å². The molecule has 0 aliphatic carbocycles. The molecule has 1 fully saturated rings. The van der Waals surface area contributed by atoms with Gasteiger partial charge in [0.25, 0.3) is 5.91 Å². The second-order valence-corrected chi connectivity index (χ2v) is 9.60. The maximum absolute atomic E-state index is 13.0. The van der Waals surface area contributed by atoms with Gasteiger partial charge in [-0.1, -0.05) is 18.6 Å². The number of benzene rings is 1. The van der Waals surface area contributed by atoms with Gasteiger partial charge in [0, 0.05) is 13.1 Å². The smallest absolute Gasteiger partial charge is 0.263 e. The van der Waals surface area contributed by atoms with Crippen molar-refractivity contribution >= 4 is 27.3 Å². The molecule has 1 aromatic carbocycles. The van der Waals surface area contributed by atoms with E-state index in [1.165, 1.54) is 10.4 Å². The van der Waals surface area contributed by atoms with E-state index in [2.05, 4.69) is 5.32 Å². The summed E-state index contributed by atoms with van der Waals surface area (Å²) in [7, 11) is -3.64. The molecule has 0 bridgehead atoms. The van der Waals surface area contributed by atoms with E-state index in [1.54, 1.807) is 5.38 Å². The maximum Gasteiger partial charge on any atom is 0.263 e. The van der Waals surface area contributed by atoms with E-state index in [4.69, 9.17) is 4.74 Å². The Kier molecular flexibility index (Phi) is 6.74. The summed E-state index contributed by atoms with van der Waals surface area (Å²) < 4.78 is 32.9. The van der Waals surface area contributed by atoms with E-state index in [-0.39, 0.29) is 21.7 Å². The van der Waals surface area contributed by atoms with Gasteiger partial charge in [0.1, 0.15) is 15.5 Å². The van der Waals surface area contributed by atoms with E-state index in [0.717, 1.165) is 41.9 Å². The summed E-state index contributed by atoms with van der Waals surface area (Å²) >= 11 is 1.16. The van der Waals surface area contributed by atoms with Crippen molar-refractivity contribution in [2.75, 3.05) is 19.7 Å². The molecular formula is C20H26N2O4S2. The van der Waals surface area contributed by atoms with Crippen molar-refractivity contribution in [3.8, 4) is 5.75 Å². The van der Waals surface area contributed by atoms with Gasteiger partial charge in [-0.2, -0.15) is 4.31 Å². The highest BCUT2D eigenvalue weighted by atomic mass is 32.2. The van der Waals surface area contributed by atoms with Crippen LogP contribution in [0.4, 0.5) is 0 Å². The first-order valence-corrected chi connectivity index (χ1v) is 11.9. The summed E-state index contributed by atoms with van der Waals surface area (Å²) in [5, 5.41) is 4.57. The Balaban J connectivity index is 1.74. The Morgan fingerprint density at radius 1 is 1.18 bits per heavy atom. The summed E-state index contributed by atoms with van der Waals surface area (Å²) in [6, 6.07) is 8.80. The Hall–Kier alpha value is -1.90. The molecule has 2 aromatic rings. The zero-order chi connectivity index (χ0) is 20.1. The molecule has 6 nitrogen and oxygen atoms in total. The average molecular weight is 423 g/mol. The van der Waals surface area contributed by atoms with Crippen molar-refractivity contribution in [2.45, 2.75) is 44.0 Å². The number of hydrogen-bond donors (Lipinski definition) is 1. The minimum absolute atomic E-state index is 0.107. The molecule has 3 rings (SSSR count). The predicted octanol–water partition coefficient (Wildman–Crippen LogP) is 3.81. The Labute approximate surface area is 170 Å². The first kappa shape index (κ1) is 20.8.